The van der Waals surface area contributed by atoms with E-state index in [1.165, 1.54) is 11.1 Å². The molecule has 0 N–H and O–H groups in total. The fraction of sp³-hybridized carbons (Fsp3) is 0.231. The van der Waals surface area contributed by atoms with Gasteiger partial charge in [0.15, 0.2) is 0 Å². The van der Waals surface area contributed by atoms with Crippen LogP contribution >= 0.6 is 0 Å². The van der Waals surface area contributed by atoms with Crippen molar-refractivity contribution in [3.63, 3.8) is 0 Å². The van der Waals surface area contributed by atoms with E-state index in [1.807, 2.05) is 13.0 Å². The predicted molar refractivity (Wildman–Crippen MR) is 59.6 cm³/mol. The van der Waals surface area contributed by atoms with Crippen LogP contribution in [0, 0.1) is 0 Å². The van der Waals surface area contributed by atoms with Crippen molar-refractivity contribution in [3.8, 4) is 0 Å². The SMILES string of the molecule is C=CC1=C(C/C=C\C)CC(=C)C1=C. The smallest absolute Gasteiger partial charge is 0.00547 e. The summed E-state index contributed by atoms with van der Waals surface area (Å²) >= 11 is 0. The van der Waals surface area contributed by atoms with E-state index in [0.717, 1.165) is 24.0 Å². The van der Waals surface area contributed by atoms with Crippen LogP contribution in [0.2, 0.25) is 0 Å². The van der Waals surface area contributed by atoms with E-state index >= 15 is 0 Å². The zero-order valence-electron chi connectivity index (χ0n) is 8.27. The fourth-order valence-electron chi connectivity index (χ4n) is 1.57. The molecule has 0 saturated heterocycles. The van der Waals surface area contributed by atoms with Crippen molar-refractivity contribution in [3.05, 3.63) is 60.3 Å². The average Bonchev–Trinajstić information content (AvgIpc) is 2.39. The van der Waals surface area contributed by atoms with Crippen LogP contribution in [0.4, 0.5) is 0 Å². The molecule has 1 rings (SSSR count). The van der Waals surface area contributed by atoms with Crippen molar-refractivity contribution < 1.29 is 0 Å². The van der Waals surface area contributed by atoms with Crippen molar-refractivity contribution >= 4 is 0 Å². The van der Waals surface area contributed by atoms with Crippen molar-refractivity contribution in [2.75, 3.05) is 0 Å². The van der Waals surface area contributed by atoms with Crippen molar-refractivity contribution in [2.24, 2.45) is 0 Å². The Bertz CT molecular complexity index is 311. The Hall–Kier alpha value is -1.30. The van der Waals surface area contributed by atoms with E-state index in [4.69, 9.17) is 0 Å². The summed E-state index contributed by atoms with van der Waals surface area (Å²) in [4.78, 5) is 0. The predicted octanol–water partition coefficient (Wildman–Crippen LogP) is 3.95. The van der Waals surface area contributed by atoms with Crippen LogP contribution in [0.1, 0.15) is 19.8 Å². The lowest BCUT2D eigenvalue weighted by molar-refractivity contribution is 1.11. The molecule has 0 heterocycles. The molecule has 0 atom stereocenters. The molecule has 0 unspecified atom stereocenters. The third kappa shape index (κ3) is 1.89. The monoisotopic (exact) mass is 172 g/mol. The standard InChI is InChI=1S/C13H16/c1-5-7-8-12-9-10(3)11(4)13(12)6-2/h5-7H,2-4,8-9H2,1H3/b7-5-. The van der Waals surface area contributed by atoms with Crippen molar-refractivity contribution in [1.82, 2.24) is 0 Å². The quantitative estimate of drug-likeness (QED) is 0.565. The lowest BCUT2D eigenvalue weighted by Crippen LogP contribution is -1.79. The maximum Gasteiger partial charge on any atom is -0.00547 e. The van der Waals surface area contributed by atoms with Crippen LogP contribution in [0.5, 0.6) is 0 Å². The van der Waals surface area contributed by atoms with Crippen LogP contribution in [0.3, 0.4) is 0 Å². The molecule has 0 heteroatoms. The largest absolute Gasteiger partial charge is 0.0984 e. The van der Waals surface area contributed by atoms with Crippen LogP contribution < -0.4 is 0 Å². The van der Waals surface area contributed by atoms with Crippen LogP contribution in [0.25, 0.3) is 0 Å². The molecule has 13 heavy (non-hydrogen) atoms. The number of hydrogen-bond acceptors (Lipinski definition) is 0. The molecule has 0 aromatic carbocycles. The van der Waals surface area contributed by atoms with Gasteiger partial charge in [-0.3, -0.25) is 0 Å². The second-order valence-corrected chi connectivity index (χ2v) is 3.25. The Morgan fingerprint density at radius 1 is 1.38 bits per heavy atom. The van der Waals surface area contributed by atoms with Gasteiger partial charge >= 0.3 is 0 Å². The molecule has 68 valence electrons. The first kappa shape index (κ1) is 9.79. The summed E-state index contributed by atoms with van der Waals surface area (Å²) < 4.78 is 0. The minimum absolute atomic E-state index is 0.963. The van der Waals surface area contributed by atoms with E-state index < -0.39 is 0 Å². The molecule has 1 aliphatic carbocycles. The molecule has 0 nitrogen and oxygen atoms in total. The van der Waals surface area contributed by atoms with Gasteiger partial charge in [-0.2, -0.15) is 0 Å². The first-order chi connectivity index (χ1) is 6.20. The highest BCUT2D eigenvalue weighted by molar-refractivity contribution is 5.58. The molecular formula is C13H16. The highest BCUT2D eigenvalue weighted by Crippen LogP contribution is 2.36. The van der Waals surface area contributed by atoms with E-state index in [2.05, 4.69) is 31.9 Å². The summed E-state index contributed by atoms with van der Waals surface area (Å²) in [6.07, 6.45) is 8.07. The van der Waals surface area contributed by atoms with Gasteiger partial charge in [-0.05, 0) is 36.5 Å². The minimum Gasteiger partial charge on any atom is -0.0984 e. The van der Waals surface area contributed by atoms with Gasteiger partial charge in [0.25, 0.3) is 0 Å². The Morgan fingerprint density at radius 3 is 2.62 bits per heavy atom. The van der Waals surface area contributed by atoms with Gasteiger partial charge in [0, 0.05) is 0 Å². The first-order valence-corrected chi connectivity index (χ1v) is 4.53. The topological polar surface area (TPSA) is 0 Å². The highest BCUT2D eigenvalue weighted by Gasteiger charge is 2.17. The lowest BCUT2D eigenvalue weighted by Gasteiger charge is -1.98. The summed E-state index contributed by atoms with van der Waals surface area (Å²) in [6.45, 7) is 13.8. The maximum atomic E-state index is 3.99. The van der Waals surface area contributed by atoms with Crippen LogP contribution in [-0.4, -0.2) is 0 Å². The van der Waals surface area contributed by atoms with Crippen molar-refractivity contribution in [2.45, 2.75) is 19.8 Å². The Kier molecular flexibility index (Phi) is 3.07. The maximum absolute atomic E-state index is 3.99. The molecular weight excluding hydrogens is 156 g/mol. The number of rotatable bonds is 3. The second-order valence-electron chi connectivity index (χ2n) is 3.25. The second kappa shape index (κ2) is 4.08. The number of hydrogen-bond donors (Lipinski definition) is 0. The first-order valence-electron chi connectivity index (χ1n) is 4.53. The van der Waals surface area contributed by atoms with Crippen molar-refractivity contribution in [1.29, 1.82) is 0 Å². The molecule has 0 bridgehead atoms. The molecule has 0 aliphatic heterocycles. The minimum atomic E-state index is 0.963. The van der Waals surface area contributed by atoms with Gasteiger partial charge in [-0.25, -0.2) is 0 Å². The summed E-state index contributed by atoms with van der Waals surface area (Å²) in [5, 5.41) is 0. The van der Waals surface area contributed by atoms with E-state index in [-0.39, 0.29) is 0 Å². The molecule has 0 aromatic rings. The van der Waals surface area contributed by atoms with Gasteiger partial charge < -0.3 is 0 Å². The molecule has 0 aromatic heterocycles. The zero-order valence-corrected chi connectivity index (χ0v) is 8.27. The van der Waals surface area contributed by atoms with Gasteiger partial charge in [0.05, 0.1) is 0 Å². The average molecular weight is 172 g/mol. The molecule has 0 radical (unpaired) electrons. The molecule has 1 aliphatic rings. The molecule has 0 spiro atoms. The van der Waals surface area contributed by atoms with Gasteiger partial charge in [0.2, 0.25) is 0 Å². The molecule has 0 amide bonds. The summed E-state index contributed by atoms with van der Waals surface area (Å²) in [7, 11) is 0. The summed E-state index contributed by atoms with van der Waals surface area (Å²) in [5.41, 5.74) is 4.79. The van der Waals surface area contributed by atoms with Gasteiger partial charge in [-0.15, -0.1) is 0 Å². The lowest BCUT2D eigenvalue weighted by atomic mass is 10.1. The van der Waals surface area contributed by atoms with Gasteiger partial charge in [0.1, 0.15) is 0 Å². The summed E-state index contributed by atoms with van der Waals surface area (Å²) in [6, 6.07) is 0. The Labute approximate surface area is 80.7 Å². The van der Waals surface area contributed by atoms with E-state index in [1.54, 1.807) is 0 Å². The van der Waals surface area contributed by atoms with E-state index in [9.17, 15) is 0 Å². The third-order valence-electron chi connectivity index (χ3n) is 2.36. The normalized spacial score (nSPS) is 17.6. The fourth-order valence-corrected chi connectivity index (χ4v) is 1.57. The Balaban J connectivity index is 2.91. The molecule has 0 saturated carbocycles. The van der Waals surface area contributed by atoms with Crippen LogP contribution in [0.15, 0.2) is 60.3 Å². The van der Waals surface area contributed by atoms with E-state index in [0.29, 0.717) is 0 Å². The third-order valence-corrected chi connectivity index (χ3v) is 2.36. The highest BCUT2D eigenvalue weighted by atomic mass is 14.2. The van der Waals surface area contributed by atoms with Gasteiger partial charge in [-0.1, -0.05) is 43.5 Å². The number of allylic oxidation sites excluding steroid dienone is 7. The summed E-state index contributed by atoms with van der Waals surface area (Å²) in [5.74, 6) is 0. The van der Waals surface area contributed by atoms with Crippen LogP contribution in [-0.2, 0) is 0 Å². The zero-order chi connectivity index (χ0) is 9.84. The Morgan fingerprint density at radius 2 is 2.08 bits per heavy atom. The molecule has 0 fully saturated rings.